The predicted octanol–water partition coefficient (Wildman–Crippen LogP) is 3.36. The molecule has 1 rings (SSSR count). The maximum absolute atomic E-state index is 12.8. The zero-order valence-electron chi connectivity index (χ0n) is 14.9. The Bertz CT molecular complexity index is 603. The summed E-state index contributed by atoms with van der Waals surface area (Å²) in [5, 5.41) is 2.79. The Morgan fingerprint density at radius 2 is 1.56 bits per heavy atom. The van der Waals surface area contributed by atoms with E-state index < -0.39 is 15.8 Å². The average Bonchev–Trinajstić information content (AvgIpc) is 2.57. The molecule has 0 bridgehead atoms. The smallest absolute Gasteiger partial charge is 0.240 e. The molecule has 2 N–H and O–H groups in total. The highest BCUT2D eigenvalue weighted by Crippen LogP contribution is 2.09. The molecule has 7 heteroatoms. The lowest BCUT2D eigenvalue weighted by molar-refractivity contribution is -0.120. The summed E-state index contributed by atoms with van der Waals surface area (Å²) in [6, 6.07) is 4.56. The van der Waals surface area contributed by atoms with Crippen LogP contribution < -0.4 is 10.0 Å². The van der Waals surface area contributed by atoms with E-state index in [1.54, 1.807) is 0 Å². The summed E-state index contributed by atoms with van der Waals surface area (Å²) >= 11 is 0. The van der Waals surface area contributed by atoms with Gasteiger partial charge in [0.2, 0.25) is 15.9 Å². The molecule has 1 aromatic rings. The third-order valence-corrected chi connectivity index (χ3v) is 5.35. The van der Waals surface area contributed by atoms with Gasteiger partial charge in [0.1, 0.15) is 5.82 Å². The highest BCUT2D eigenvalue weighted by atomic mass is 32.2. The van der Waals surface area contributed by atoms with Crippen LogP contribution in [0.25, 0.3) is 0 Å². The van der Waals surface area contributed by atoms with Crippen LogP contribution in [0, 0.1) is 5.82 Å². The topological polar surface area (TPSA) is 75.3 Å². The minimum absolute atomic E-state index is 0.0163. The number of amides is 1. The lowest BCUT2D eigenvalue weighted by Gasteiger charge is -2.08. The number of hydrogen-bond acceptors (Lipinski definition) is 3. The molecule has 25 heavy (non-hydrogen) atoms. The van der Waals surface area contributed by atoms with Gasteiger partial charge >= 0.3 is 0 Å². The van der Waals surface area contributed by atoms with Crippen molar-refractivity contribution in [3.8, 4) is 0 Å². The zero-order chi connectivity index (χ0) is 18.5. The van der Waals surface area contributed by atoms with E-state index in [2.05, 4.69) is 17.0 Å². The minimum Gasteiger partial charge on any atom is -0.356 e. The molecular weight excluding hydrogens is 343 g/mol. The molecule has 0 aromatic heterocycles. The van der Waals surface area contributed by atoms with Crippen molar-refractivity contribution in [3.05, 3.63) is 30.1 Å². The Labute approximate surface area is 150 Å². The summed E-state index contributed by atoms with van der Waals surface area (Å²) in [7, 11) is -3.71. The standard InChI is InChI=1S/C18H29FN2O3S/c1-2-3-4-5-6-7-8-14-20-18(22)13-15-21-25(23,24)17-11-9-16(19)10-12-17/h9-12,21H,2-8,13-15H2,1H3,(H,20,22). The Kier molecular flexibility index (Phi) is 10.3. The van der Waals surface area contributed by atoms with Crippen LogP contribution in [0.4, 0.5) is 4.39 Å². The third kappa shape index (κ3) is 9.55. The van der Waals surface area contributed by atoms with Crippen molar-refractivity contribution in [3.63, 3.8) is 0 Å². The molecule has 0 saturated carbocycles. The summed E-state index contributed by atoms with van der Waals surface area (Å²) < 4.78 is 39.1. The fraction of sp³-hybridized carbons (Fsp3) is 0.611. The van der Waals surface area contributed by atoms with Gasteiger partial charge < -0.3 is 5.32 Å². The summed E-state index contributed by atoms with van der Waals surface area (Å²) in [6.07, 6.45) is 8.35. The van der Waals surface area contributed by atoms with Crippen molar-refractivity contribution in [1.82, 2.24) is 10.0 Å². The number of halogens is 1. The zero-order valence-corrected chi connectivity index (χ0v) is 15.7. The van der Waals surface area contributed by atoms with Gasteiger partial charge in [-0.1, -0.05) is 45.4 Å². The first-order valence-electron chi connectivity index (χ1n) is 8.97. The molecule has 142 valence electrons. The second-order valence-electron chi connectivity index (χ2n) is 6.07. The Balaban J connectivity index is 2.13. The lowest BCUT2D eigenvalue weighted by Crippen LogP contribution is -2.31. The lowest BCUT2D eigenvalue weighted by atomic mass is 10.1. The number of rotatable bonds is 13. The molecule has 0 fully saturated rings. The SMILES string of the molecule is CCCCCCCCCNC(=O)CCNS(=O)(=O)c1ccc(F)cc1. The van der Waals surface area contributed by atoms with E-state index >= 15 is 0 Å². The number of benzene rings is 1. The maximum atomic E-state index is 12.8. The van der Waals surface area contributed by atoms with Crippen molar-refractivity contribution in [1.29, 1.82) is 0 Å². The van der Waals surface area contributed by atoms with E-state index in [1.807, 2.05) is 0 Å². The molecule has 0 heterocycles. The van der Waals surface area contributed by atoms with Crippen molar-refractivity contribution >= 4 is 15.9 Å². The number of carbonyl (C=O) groups is 1. The van der Waals surface area contributed by atoms with E-state index in [1.165, 1.54) is 44.2 Å². The van der Waals surface area contributed by atoms with Crippen LogP contribution in [0.3, 0.4) is 0 Å². The molecule has 0 aliphatic carbocycles. The van der Waals surface area contributed by atoms with Gasteiger partial charge in [-0.25, -0.2) is 17.5 Å². The van der Waals surface area contributed by atoms with Gasteiger partial charge in [-0.3, -0.25) is 4.79 Å². The molecule has 0 saturated heterocycles. The highest BCUT2D eigenvalue weighted by Gasteiger charge is 2.13. The van der Waals surface area contributed by atoms with Gasteiger partial charge in [0.05, 0.1) is 4.90 Å². The second-order valence-corrected chi connectivity index (χ2v) is 7.84. The van der Waals surface area contributed by atoms with Gasteiger partial charge in [-0.15, -0.1) is 0 Å². The third-order valence-electron chi connectivity index (χ3n) is 3.87. The van der Waals surface area contributed by atoms with Crippen molar-refractivity contribution in [2.45, 2.75) is 63.2 Å². The van der Waals surface area contributed by atoms with Gasteiger partial charge in [-0.05, 0) is 30.7 Å². The Hall–Kier alpha value is -1.47. The van der Waals surface area contributed by atoms with Gasteiger partial charge in [-0.2, -0.15) is 0 Å². The summed E-state index contributed by atoms with van der Waals surface area (Å²) in [5.74, 6) is -0.670. The molecule has 0 aliphatic heterocycles. The van der Waals surface area contributed by atoms with Crippen LogP contribution in [-0.2, 0) is 14.8 Å². The fourth-order valence-corrected chi connectivity index (χ4v) is 3.43. The first kappa shape index (κ1) is 21.6. The normalized spacial score (nSPS) is 11.4. The number of nitrogens with one attached hydrogen (secondary N) is 2. The number of sulfonamides is 1. The van der Waals surface area contributed by atoms with Crippen molar-refractivity contribution < 1.29 is 17.6 Å². The first-order valence-corrected chi connectivity index (χ1v) is 10.5. The molecule has 0 radical (unpaired) electrons. The summed E-state index contributed by atoms with van der Waals surface area (Å²) in [5.41, 5.74) is 0. The largest absolute Gasteiger partial charge is 0.356 e. The summed E-state index contributed by atoms with van der Waals surface area (Å²) in [4.78, 5) is 11.7. The number of carbonyl (C=O) groups excluding carboxylic acids is 1. The average molecular weight is 373 g/mol. The van der Waals surface area contributed by atoms with E-state index in [-0.39, 0.29) is 23.8 Å². The number of hydrogen-bond donors (Lipinski definition) is 2. The van der Waals surface area contributed by atoms with E-state index in [4.69, 9.17) is 0 Å². The highest BCUT2D eigenvalue weighted by molar-refractivity contribution is 7.89. The number of unbranched alkanes of at least 4 members (excludes halogenated alkanes) is 6. The van der Waals surface area contributed by atoms with Crippen LogP contribution >= 0.6 is 0 Å². The van der Waals surface area contributed by atoms with Crippen LogP contribution in [0.1, 0.15) is 58.3 Å². The van der Waals surface area contributed by atoms with E-state index in [9.17, 15) is 17.6 Å². The predicted molar refractivity (Wildman–Crippen MR) is 97.2 cm³/mol. The molecule has 0 atom stereocenters. The molecule has 0 spiro atoms. The minimum atomic E-state index is -3.71. The molecule has 0 aliphatic rings. The maximum Gasteiger partial charge on any atom is 0.240 e. The fourth-order valence-electron chi connectivity index (χ4n) is 2.39. The van der Waals surface area contributed by atoms with Gasteiger partial charge in [0.15, 0.2) is 0 Å². The first-order chi connectivity index (χ1) is 12.0. The van der Waals surface area contributed by atoms with Gasteiger partial charge in [0.25, 0.3) is 0 Å². The molecule has 5 nitrogen and oxygen atoms in total. The molecular formula is C18H29FN2O3S. The quantitative estimate of drug-likeness (QED) is 0.521. The van der Waals surface area contributed by atoms with Crippen molar-refractivity contribution in [2.75, 3.05) is 13.1 Å². The molecule has 0 unspecified atom stereocenters. The monoisotopic (exact) mass is 372 g/mol. The molecule has 1 aromatic carbocycles. The Morgan fingerprint density at radius 1 is 0.960 bits per heavy atom. The Morgan fingerprint density at radius 3 is 2.20 bits per heavy atom. The molecule has 1 amide bonds. The van der Waals surface area contributed by atoms with Crippen LogP contribution in [0.5, 0.6) is 0 Å². The van der Waals surface area contributed by atoms with E-state index in [0.29, 0.717) is 6.54 Å². The van der Waals surface area contributed by atoms with Crippen LogP contribution in [0.15, 0.2) is 29.2 Å². The second kappa shape index (κ2) is 12.0. The van der Waals surface area contributed by atoms with Crippen LogP contribution in [0.2, 0.25) is 0 Å². The van der Waals surface area contributed by atoms with Crippen molar-refractivity contribution in [2.24, 2.45) is 0 Å². The van der Waals surface area contributed by atoms with Crippen LogP contribution in [-0.4, -0.2) is 27.4 Å². The van der Waals surface area contributed by atoms with Gasteiger partial charge in [0, 0.05) is 19.5 Å². The summed E-state index contributed by atoms with van der Waals surface area (Å²) in [6.45, 7) is 2.83. The van der Waals surface area contributed by atoms with E-state index in [0.717, 1.165) is 25.0 Å².